The number of hydrogen-bond acceptors (Lipinski definition) is 5. The predicted octanol–water partition coefficient (Wildman–Crippen LogP) is 11.0. The Morgan fingerprint density at radius 2 is 1.00 bits per heavy atom. The lowest BCUT2D eigenvalue weighted by Gasteiger charge is -2.20. The molecule has 0 spiro atoms. The van der Waals surface area contributed by atoms with E-state index in [4.69, 9.17) is 4.74 Å². The van der Waals surface area contributed by atoms with E-state index in [1.807, 2.05) is 6.08 Å². The van der Waals surface area contributed by atoms with Gasteiger partial charge in [0, 0.05) is 12.8 Å². The molecule has 0 aromatic rings. The standard InChI is InChI=1S/C42H77NO5/c1-3-5-7-9-11-13-15-20-24-28-32-36-42(47)48-37-33-29-25-21-17-14-16-19-23-27-31-35-41(46)43-39(38-44)40(45)34-30-26-22-18-12-10-8-6-4-2/h9,11,17,21,30,34,39-40,44-45H,3-8,10,12-16,18-20,22-29,31-33,35-38H2,1-2H3,(H,43,46)/b11-9-,21-17-,34-30+. The van der Waals surface area contributed by atoms with E-state index in [1.54, 1.807) is 6.08 Å². The lowest BCUT2D eigenvalue weighted by Crippen LogP contribution is -2.45. The van der Waals surface area contributed by atoms with E-state index in [2.05, 4.69) is 43.5 Å². The summed E-state index contributed by atoms with van der Waals surface area (Å²) < 4.78 is 5.39. The molecule has 3 N–H and O–H groups in total. The fourth-order valence-electron chi connectivity index (χ4n) is 5.66. The number of carbonyl (C=O) groups excluding carboxylic acids is 2. The van der Waals surface area contributed by atoms with Crippen LogP contribution in [0.25, 0.3) is 0 Å². The SMILES string of the molecule is CCCC/C=C\CCCCCCCC(=O)OCCCC/C=C\CCCCCCCC(=O)NC(CO)C(O)/C=C/CCCCCCCCC. The second-order valence-electron chi connectivity index (χ2n) is 13.6. The first-order valence-corrected chi connectivity index (χ1v) is 20.3. The Labute approximate surface area is 296 Å². The van der Waals surface area contributed by atoms with Crippen LogP contribution in [-0.2, 0) is 14.3 Å². The highest BCUT2D eigenvalue weighted by Gasteiger charge is 2.17. The monoisotopic (exact) mass is 676 g/mol. The summed E-state index contributed by atoms with van der Waals surface area (Å²) in [6.45, 7) is 4.72. The number of esters is 1. The number of aliphatic hydroxyl groups is 2. The average Bonchev–Trinajstić information content (AvgIpc) is 3.08. The third-order valence-electron chi connectivity index (χ3n) is 8.88. The highest BCUT2D eigenvalue weighted by atomic mass is 16.5. The zero-order chi connectivity index (χ0) is 35.2. The number of carbonyl (C=O) groups is 2. The summed E-state index contributed by atoms with van der Waals surface area (Å²) in [5, 5.41) is 22.8. The molecule has 0 saturated heterocycles. The van der Waals surface area contributed by atoms with Crippen LogP contribution in [0.3, 0.4) is 0 Å². The molecule has 6 nitrogen and oxygen atoms in total. The maximum absolute atomic E-state index is 12.3. The molecule has 0 heterocycles. The summed E-state index contributed by atoms with van der Waals surface area (Å²) in [4.78, 5) is 24.2. The fourth-order valence-corrected chi connectivity index (χ4v) is 5.66. The van der Waals surface area contributed by atoms with Gasteiger partial charge in [-0.05, 0) is 77.0 Å². The molecule has 48 heavy (non-hydrogen) atoms. The third kappa shape index (κ3) is 34.0. The normalized spacial score (nSPS) is 13.2. The van der Waals surface area contributed by atoms with Crippen molar-refractivity contribution in [3.05, 3.63) is 36.5 Å². The Hall–Kier alpha value is -1.92. The van der Waals surface area contributed by atoms with Crippen molar-refractivity contribution < 1.29 is 24.5 Å². The van der Waals surface area contributed by atoms with Crippen LogP contribution in [0.1, 0.15) is 194 Å². The Morgan fingerprint density at radius 3 is 1.54 bits per heavy atom. The van der Waals surface area contributed by atoms with E-state index in [-0.39, 0.29) is 18.5 Å². The van der Waals surface area contributed by atoms with Crippen LogP contribution < -0.4 is 5.32 Å². The van der Waals surface area contributed by atoms with Crippen molar-refractivity contribution in [2.75, 3.05) is 13.2 Å². The minimum absolute atomic E-state index is 0.0461. The van der Waals surface area contributed by atoms with Crippen molar-refractivity contribution in [3.8, 4) is 0 Å². The number of nitrogens with one attached hydrogen (secondary N) is 1. The number of unbranched alkanes of at least 4 members (excludes halogenated alkanes) is 21. The first-order valence-electron chi connectivity index (χ1n) is 20.3. The Morgan fingerprint density at radius 1 is 0.562 bits per heavy atom. The Kier molecular flexibility index (Phi) is 36.4. The van der Waals surface area contributed by atoms with E-state index in [9.17, 15) is 19.8 Å². The second kappa shape index (κ2) is 37.9. The van der Waals surface area contributed by atoms with Crippen molar-refractivity contribution in [1.82, 2.24) is 5.32 Å². The van der Waals surface area contributed by atoms with Crippen molar-refractivity contribution in [3.63, 3.8) is 0 Å². The molecule has 0 saturated carbocycles. The Balaban J connectivity index is 3.58. The van der Waals surface area contributed by atoms with Gasteiger partial charge in [-0.3, -0.25) is 9.59 Å². The zero-order valence-corrected chi connectivity index (χ0v) is 31.5. The van der Waals surface area contributed by atoms with E-state index in [0.29, 0.717) is 19.4 Å². The fraction of sp³-hybridized carbons (Fsp3) is 0.810. The largest absolute Gasteiger partial charge is 0.466 e. The van der Waals surface area contributed by atoms with Crippen LogP contribution >= 0.6 is 0 Å². The van der Waals surface area contributed by atoms with Gasteiger partial charge in [-0.1, -0.05) is 140 Å². The van der Waals surface area contributed by atoms with E-state index < -0.39 is 12.1 Å². The first kappa shape index (κ1) is 46.1. The second-order valence-corrected chi connectivity index (χ2v) is 13.6. The third-order valence-corrected chi connectivity index (χ3v) is 8.88. The van der Waals surface area contributed by atoms with Crippen LogP contribution in [-0.4, -0.2) is 47.4 Å². The van der Waals surface area contributed by atoms with Crippen LogP contribution in [0.15, 0.2) is 36.5 Å². The van der Waals surface area contributed by atoms with E-state index in [1.165, 1.54) is 83.5 Å². The van der Waals surface area contributed by atoms with Gasteiger partial charge in [0.25, 0.3) is 0 Å². The number of hydrogen-bond donors (Lipinski definition) is 3. The highest BCUT2D eigenvalue weighted by Crippen LogP contribution is 2.12. The molecule has 6 heteroatoms. The summed E-state index contributed by atoms with van der Waals surface area (Å²) in [5.41, 5.74) is 0. The van der Waals surface area contributed by atoms with Gasteiger partial charge in [-0.25, -0.2) is 0 Å². The molecule has 0 radical (unpaired) electrons. The molecule has 0 aliphatic heterocycles. The average molecular weight is 676 g/mol. The van der Waals surface area contributed by atoms with Crippen molar-refractivity contribution in [1.29, 1.82) is 0 Å². The summed E-state index contributed by atoms with van der Waals surface area (Å²) in [6.07, 6.45) is 42.7. The van der Waals surface area contributed by atoms with Gasteiger partial charge >= 0.3 is 5.97 Å². The summed E-state index contributed by atoms with van der Waals surface area (Å²) in [6, 6.07) is -0.646. The maximum atomic E-state index is 12.3. The first-order chi connectivity index (χ1) is 23.5. The molecule has 0 rings (SSSR count). The van der Waals surface area contributed by atoms with Crippen molar-refractivity contribution in [2.24, 2.45) is 0 Å². The molecular weight excluding hydrogens is 598 g/mol. The molecule has 0 bridgehead atoms. The van der Waals surface area contributed by atoms with Gasteiger partial charge in [-0.15, -0.1) is 0 Å². The summed E-state index contributed by atoms with van der Waals surface area (Å²) in [7, 11) is 0. The molecular formula is C42H77NO5. The van der Waals surface area contributed by atoms with Crippen molar-refractivity contribution >= 4 is 11.9 Å². The smallest absolute Gasteiger partial charge is 0.305 e. The maximum Gasteiger partial charge on any atom is 0.305 e. The highest BCUT2D eigenvalue weighted by molar-refractivity contribution is 5.76. The molecule has 2 atom stereocenters. The number of amides is 1. The molecule has 0 aromatic heterocycles. The van der Waals surface area contributed by atoms with Crippen LogP contribution in [0, 0.1) is 0 Å². The van der Waals surface area contributed by atoms with Crippen molar-refractivity contribution in [2.45, 2.75) is 206 Å². The topological polar surface area (TPSA) is 95.9 Å². The lowest BCUT2D eigenvalue weighted by atomic mass is 10.1. The minimum atomic E-state index is -0.860. The van der Waals surface area contributed by atoms with Gasteiger partial charge in [0.05, 0.1) is 25.4 Å². The summed E-state index contributed by atoms with van der Waals surface area (Å²) in [5.74, 6) is -0.149. The predicted molar refractivity (Wildman–Crippen MR) is 204 cm³/mol. The number of ether oxygens (including phenoxy) is 1. The number of aliphatic hydroxyl groups excluding tert-OH is 2. The molecule has 280 valence electrons. The lowest BCUT2D eigenvalue weighted by molar-refractivity contribution is -0.143. The minimum Gasteiger partial charge on any atom is -0.466 e. The van der Waals surface area contributed by atoms with E-state index >= 15 is 0 Å². The molecule has 2 unspecified atom stereocenters. The van der Waals surface area contributed by atoms with Crippen LogP contribution in [0.5, 0.6) is 0 Å². The van der Waals surface area contributed by atoms with Gasteiger partial charge in [0.2, 0.25) is 5.91 Å². The van der Waals surface area contributed by atoms with Gasteiger partial charge in [0.1, 0.15) is 0 Å². The van der Waals surface area contributed by atoms with Gasteiger partial charge in [0.15, 0.2) is 0 Å². The molecule has 0 fully saturated rings. The van der Waals surface area contributed by atoms with E-state index in [0.717, 1.165) is 83.5 Å². The molecule has 0 aliphatic rings. The molecule has 0 aliphatic carbocycles. The molecule has 1 amide bonds. The zero-order valence-electron chi connectivity index (χ0n) is 31.5. The van der Waals surface area contributed by atoms with Crippen LogP contribution in [0.2, 0.25) is 0 Å². The molecule has 0 aromatic carbocycles. The summed E-state index contributed by atoms with van der Waals surface area (Å²) >= 11 is 0. The van der Waals surface area contributed by atoms with Gasteiger partial charge in [-0.2, -0.15) is 0 Å². The number of allylic oxidation sites excluding steroid dienone is 5. The Bertz CT molecular complexity index is 793. The van der Waals surface area contributed by atoms with Gasteiger partial charge < -0.3 is 20.3 Å². The van der Waals surface area contributed by atoms with Crippen LogP contribution in [0.4, 0.5) is 0 Å². The number of rotatable bonds is 36. The quantitative estimate of drug-likeness (QED) is 0.0349.